The second-order valence-corrected chi connectivity index (χ2v) is 3.87. The standard InChI is InChI=1S/C13H10N4O/c14-9-5-3-7-15-11(9)12-16-10-6-2-1-4-8(10)13(18)17-12/h1-7H,14H2,(H,16,17,18). The van der Waals surface area contributed by atoms with Crippen LogP contribution in [-0.2, 0) is 0 Å². The molecule has 0 aliphatic rings. The van der Waals surface area contributed by atoms with E-state index in [0.717, 1.165) is 0 Å². The number of benzene rings is 1. The molecule has 1 aromatic carbocycles. The SMILES string of the molecule is Nc1cccnc1-c1nc2ccccc2c(=O)[nH]1. The number of H-pyrrole nitrogens is 1. The molecule has 2 aromatic heterocycles. The lowest BCUT2D eigenvalue weighted by Crippen LogP contribution is -2.10. The van der Waals surface area contributed by atoms with E-state index in [1.54, 1.807) is 36.5 Å². The summed E-state index contributed by atoms with van der Waals surface area (Å²) in [5.41, 5.74) is 7.22. The third-order valence-electron chi connectivity index (χ3n) is 2.68. The molecule has 5 nitrogen and oxygen atoms in total. The third-order valence-corrected chi connectivity index (χ3v) is 2.68. The van der Waals surface area contributed by atoms with Crippen LogP contribution in [0.3, 0.4) is 0 Å². The number of rotatable bonds is 1. The number of nitrogens with two attached hydrogens (primary N) is 1. The largest absolute Gasteiger partial charge is 0.397 e. The number of aromatic nitrogens is 3. The molecule has 0 fully saturated rings. The molecule has 0 aliphatic carbocycles. The van der Waals surface area contributed by atoms with Crippen LogP contribution in [0.25, 0.3) is 22.4 Å². The highest BCUT2D eigenvalue weighted by Crippen LogP contribution is 2.19. The van der Waals surface area contributed by atoms with E-state index in [0.29, 0.717) is 28.1 Å². The quantitative estimate of drug-likeness (QED) is 0.673. The van der Waals surface area contributed by atoms with Gasteiger partial charge in [0.05, 0.1) is 16.6 Å². The summed E-state index contributed by atoms with van der Waals surface area (Å²) in [5, 5.41) is 0.552. The van der Waals surface area contributed by atoms with Gasteiger partial charge in [0.25, 0.3) is 5.56 Å². The number of nitrogen functional groups attached to an aromatic ring is 1. The molecule has 3 aromatic rings. The summed E-state index contributed by atoms with van der Waals surface area (Å²) >= 11 is 0. The molecule has 88 valence electrons. The molecule has 3 rings (SSSR count). The van der Waals surface area contributed by atoms with Gasteiger partial charge in [-0.1, -0.05) is 12.1 Å². The van der Waals surface area contributed by atoms with E-state index in [-0.39, 0.29) is 5.56 Å². The van der Waals surface area contributed by atoms with Crippen molar-refractivity contribution in [1.29, 1.82) is 0 Å². The van der Waals surface area contributed by atoms with Crippen LogP contribution in [-0.4, -0.2) is 15.0 Å². The number of hydrogen-bond donors (Lipinski definition) is 2. The normalized spacial score (nSPS) is 10.7. The third kappa shape index (κ3) is 1.62. The molecule has 0 spiro atoms. The van der Waals surface area contributed by atoms with Crippen LogP contribution >= 0.6 is 0 Å². The maximum atomic E-state index is 11.9. The van der Waals surface area contributed by atoms with E-state index in [1.165, 1.54) is 0 Å². The van der Waals surface area contributed by atoms with Crippen LogP contribution in [0.15, 0.2) is 47.4 Å². The molecular weight excluding hydrogens is 228 g/mol. The summed E-state index contributed by atoms with van der Waals surface area (Å²) in [5.74, 6) is 0.386. The number of hydrogen-bond acceptors (Lipinski definition) is 4. The van der Waals surface area contributed by atoms with E-state index in [4.69, 9.17) is 5.73 Å². The molecular formula is C13H10N4O. The first-order chi connectivity index (χ1) is 8.75. The smallest absolute Gasteiger partial charge is 0.259 e. The van der Waals surface area contributed by atoms with Gasteiger partial charge in [0.2, 0.25) is 0 Å². The number of nitrogens with one attached hydrogen (secondary N) is 1. The second kappa shape index (κ2) is 3.96. The van der Waals surface area contributed by atoms with Crippen LogP contribution in [0.1, 0.15) is 0 Å². The Morgan fingerprint density at radius 1 is 1.11 bits per heavy atom. The number of nitrogens with zero attached hydrogens (tertiary/aromatic N) is 2. The minimum absolute atomic E-state index is 0.194. The zero-order valence-corrected chi connectivity index (χ0v) is 9.42. The highest BCUT2D eigenvalue weighted by molar-refractivity contribution is 5.80. The summed E-state index contributed by atoms with van der Waals surface area (Å²) in [6.45, 7) is 0. The van der Waals surface area contributed by atoms with Crippen LogP contribution in [0.2, 0.25) is 0 Å². The summed E-state index contributed by atoms with van der Waals surface area (Å²) in [7, 11) is 0. The van der Waals surface area contributed by atoms with Crippen LogP contribution in [0, 0.1) is 0 Å². The van der Waals surface area contributed by atoms with Gasteiger partial charge in [0, 0.05) is 6.20 Å². The van der Waals surface area contributed by atoms with Gasteiger partial charge >= 0.3 is 0 Å². The Morgan fingerprint density at radius 3 is 2.78 bits per heavy atom. The minimum Gasteiger partial charge on any atom is -0.397 e. The summed E-state index contributed by atoms with van der Waals surface area (Å²) in [6, 6.07) is 10.6. The molecule has 0 atom stereocenters. The molecule has 5 heteroatoms. The van der Waals surface area contributed by atoms with E-state index >= 15 is 0 Å². The van der Waals surface area contributed by atoms with Gasteiger partial charge in [-0.3, -0.25) is 9.78 Å². The van der Waals surface area contributed by atoms with E-state index in [9.17, 15) is 4.79 Å². The van der Waals surface area contributed by atoms with Crippen molar-refractivity contribution in [2.75, 3.05) is 5.73 Å². The van der Waals surface area contributed by atoms with E-state index < -0.39 is 0 Å². The number of fused-ring (bicyclic) bond motifs is 1. The average molecular weight is 238 g/mol. The monoisotopic (exact) mass is 238 g/mol. The predicted octanol–water partition coefficient (Wildman–Crippen LogP) is 1.57. The fourth-order valence-corrected chi connectivity index (χ4v) is 1.81. The zero-order valence-electron chi connectivity index (χ0n) is 9.42. The summed E-state index contributed by atoms with van der Waals surface area (Å²) < 4.78 is 0. The number of aromatic amines is 1. The van der Waals surface area contributed by atoms with Crippen molar-refractivity contribution in [1.82, 2.24) is 15.0 Å². The van der Waals surface area contributed by atoms with Gasteiger partial charge < -0.3 is 10.7 Å². The molecule has 2 heterocycles. The van der Waals surface area contributed by atoms with Crippen molar-refractivity contribution < 1.29 is 0 Å². The average Bonchev–Trinajstić information content (AvgIpc) is 2.39. The Hall–Kier alpha value is -2.69. The van der Waals surface area contributed by atoms with Crippen LogP contribution in [0.5, 0.6) is 0 Å². The second-order valence-electron chi connectivity index (χ2n) is 3.87. The summed E-state index contributed by atoms with van der Waals surface area (Å²) in [4.78, 5) is 23.1. The van der Waals surface area contributed by atoms with Crippen molar-refractivity contribution in [3.63, 3.8) is 0 Å². The Labute approximate surface area is 102 Å². The first-order valence-electron chi connectivity index (χ1n) is 5.45. The predicted molar refractivity (Wildman–Crippen MR) is 70.0 cm³/mol. The van der Waals surface area contributed by atoms with Crippen molar-refractivity contribution in [3.8, 4) is 11.5 Å². The molecule has 0 unspecified atom stereocenters. The molecule has 0 saturated heterocycles. The van der Waals surface area contributed by atoms with Crippen LogP contribution < -0.4 is 11.3 Å². The van der Waals surface area contributed by atoms with Gasteiger partial charge in [0.15, 0.2) is 5.82 Å². The van der Waals surface area contributed by atoms with Crippen molar-refractivity contribution in [2.24, 2.45) is 0 Å². The fourth-order valence-electron chi connectivity index (χ4n) is 1.81. The van der Waals surface area contributed by atoms with Gasteiger partial charge in [0.1, 0.15) is 5.69 Å². The number of anilines is 1. The summed E-state index contributed by atoms with van der Waals surface area (Å²) in [6.07, 6.45) is 1.61. The highest BCUT2D eigenvalue weighted by Gasteiger charge is 2.08. The fraction of sp³-hybridized carbons (Fsp3) is 0. The Kier molecular flexibility index (Phi) is 2.30. The van der Waals surface area contributed by atoms with E-state index in [1.807, 2.05) is 6.07 Å². The lowest BCUT2D eigenvalue weighted by Gasteiger charge is -2.04. The van der Waals surface area contributed by atoms with Crippen molar-refractivity contribution >= 4 is 16.6 Å². The molecule has 0 bridgehead atoms. The highest BCUT2D eigenvalue weighted by atomic mass is 16.1. The Balaban J connectivity index is 2.32. The lowest BCUT2D eigenvalue weighted by molar-refractivity contribution is 1.14. The lowest BCUT2D eigenvalue weighted by atomic mass is 10.2. The zero-order chi connectivity index (χ0) is 12.5. The first-order valence-corrected chi connectivity index (χ1v) is 5.45. The first kappa shape index (κ1) is 10.5. The molecule has 18 heavy (non-hydrogen) atoms. The Bertz CT molecular complexity index is 779. The van der Waals surface area contributed by atoms with Gasteiger partial charge in [-0.25, -0.2) is 4.98 Å². The van der Waals surface area contributed by atoms with Crippen LogP contribution in [0.4, 0.5) is 5.69 Å². The topological polar surface area (TPSA) is 84.7 Å². The molecule has 0 aliphatic heterocycles. The van der Waals surface area contributed by atoms with Gasteiger partial charge in [-0.2, -0.15) is 0 Å². The van der Waals surface area contributed by atoms with Gasteiger partial charge in [-0.15, -0.1) is 0 Å². The van der Waals surface area contributed by atoms with Crippen molar-refractivity contribution in [2.45, 2.75) is 0 Å². The maximum absolute atomic E-state index is 11.9. The molecule has 3 N–H and O–H groups in total. The maximum Gasteiger partial charge on any atom is 0.259 e. The molecule has 0 amide bonds. The Morgan fingerprint density at radius 2 is 1.94 bits per heavy atom. The number of pyridine rings is 1. The molecule has 0 radical (unpaired) electrons. The van der Waals surface area contributed by atoms with E-state index in [2.05, 4.69) is 15.0 Å². The number of para-hydroxylation sites is 1. The van der Waals surface area contributed by atoms with Gasteiger partial charge in [-0.05, 0) is 24.3 Å². The minimum atomic E-state index is -0.194. The van der Waals surface area contributed by atoms with Crippen molar-refractivity contribution in [3.05, 3.63) is 52.9 Å². The molecule has 0 saturated carbocycles.